The molecule has 0 aliphatic carbocycles. The third-order valence-electron chi connectivity index (χ3n) is 3.67. The Morgan fingerprint density at radius 2 is 2.12 bits per heavy atom. The molecular weight excluding hydrogens is 352 g/mol. The fourth-order valence-electron chi connectivity index (χ4n) is 2.41. The van der Waals surface area contributed by atoms with E-state index < -0.39 is 4.92 Å². The summed E-state index contributed by atoms with van der Waals surface area (Å²) in [5, 5.41) is 20.4. The van der Waals surface area contributed by atoms with E-state index >= 15 is 0 Å². The number of nitrogens with one attached hydrogen (secondary N) is 1. The monoisotopic (exact) mass is 370 g/mol. The molecule has 0 radical (unpaired) electrons. The van der Waals surface area contributed by atoms with E-state index in [1.165, 1.54) is 28.2 Å². The highest BCUT2D eigenvalue weighted by atomic mass is 32.1. The van der Waals surface area contributed by atoms with E-state index in [1.807, 2.05) is 31.4 Å². The van der Waals surface area contributed by atoms with Crippen molar-refractivity contribution in [3.05, 3.63) is 63.7 Å². The van der Waals surface area contributed by atoms with Crippen LogP contribution in [0.5, 0.6) is 0 Å². The van der Waals surface area contributed by atoms with Crippen LogP contribution in [0.4, 0.5) is 5.69 Å². The highest BCUT2D eigenvalue weighted by Crippen LogP contribution is 2.26. The number of carbonyl (C=O) groups excluding carboxylic acids is 1. The van der Waals surface area contributed by atoms with Crippen molar-refractivity contribution in [2.24, 2.45) is 5.92 Å². The maximum Gasteiger partial charge on any atom is 0.271 e. The van der Waals surface area contributed by atoms with Crippen molar-refractivity contribution >= 4 is 22.9 Å². The van der Waals surface area contributed by atoms with Crippen LogP contribution in [0.1, 0.15) is 24.3 Å². The molecule has 0 aliphatic heterocycles. The normalized spacial score (nSPS) is 10.9. The zero-order chi connectivity index (χ0) is 18.7. The smallest absolute Gasteiger partial charge is 0.271 e. The number of non-ortho nitro benzene ring substituents is 1. The number of amides is 1. The Balaban J connectivity index is 2.06. The number of aromatic nitrogens is 2. The van der Waals surface area contributed by atoms with Gasteiger partial charge in [0.15, 0.2) is 0 Å². The molecule has 26 heavy (non-hydrogen) atoms. The number of hydrogen-bond donors (Lipinski definition) is 1. The molecule has 0 aliphatic rings. The highest BCUT2D eigenvalue weighted by Gasteiger charge is 2.19. The van der Waals surface area contributed by atoms with E-state index in [0.29, 0.717) is 29.5 Å². The Hall–Kier alpha value is -3.00. The number of rotatable bonds is 6. The number of nitro groups is 1. The van der Waals surface area contributed by atoms with Crippen molar-refractivity contribution in [3.8, 4) is 16.3 Å². The predicted molar refractivity (Wildman–Crippen MR) is 101 cm³/mol. The summed E-state index contributed by atoms with van der Waals surface area (Å²) >= 11 is 1.52. The van der Waals surface area contributed by atoms with E-state index in [4.69, 9.17) is 0 Å². The number of benzene rings is 1. The topological polar surface area (TPSA) is 90.1 Å². The molecule has 2 aromatic heterocycles. The summed E-state index contributed by atoms with van der Waals surface area (Å²) in [6.45, 7) is 4.55. The Labute approximate surface area is 154 Å². The van der Waals surface area contributed by atoms with Crippen LogP contribution < -0.4 is 5.32 Å². The van der Waals surface area contributed by atoms with Gasteiger partial charge in [0.05, 0.1) is 15.5 Å². The van der Waals surface area contributed by atoms with Gasteiger partial charge in [-0.25, -0.2) is 4.68 Å². The van der Waals surface area contributed by atoms with Crippen molar-refractivity contribution in [2.75, 3.05) is 6.54 Å². The molecule has 1 N–H and O–H groups in total. The summed E-state index contributed by atoms with van der Waals surface area (Å²) in [6.07, 6.45) is 0. The van der Waals surface area contributed by atoms with Gasteiger partial charge in [0, 0.05) is 18.7 Å². The minimum atomic E-state index is -0.467. The summed E-state index contributed by atoms with van der Waals surface area (Å²) in [5.74, 6) is 0.0467. The van der Waals surface area contributed by atoms with Gasteiger partial charge in [0.2, 0.25) is 0 Å². The minimum Gasteiger partial charge on any atom is -0.350 e. The zero-order valence-corrected chi connectivity index (χ0v) is 15.2. The lowest BCUT2D eigenvalue weighted by atomic mass is 10.2. The second-order valence-electron chi connectivity index (χ2n) is 6.18. The molecule has 0 fully saturated rings. The predicted octanol–water partition coefficient (Wildman–Crippen LogP) is 3.89. The SMILES string of the molecule is CC(C)CNC(=O)c1cc(-c2cccs2)nn1-c1cccc([N+](=O)[O-])c1. The molecule has 2 heterocycles. The fraction of sp³-hybridized carbons (Fsp3) is 0.222. The van der Waals surface area contributed by atoms with Crippen molar-refractivity contribution in [1.29, 1.82) is 0 Å². The van der Waals surface area contributed by atoms with Crippen LogP contribution in [0.3, 0.4) is 0 Å². The molecule has 0 unspecified atom stereocenters. The summed E-state index contributed by atoms with van der Waals surface area (Å²) in [7, 11) is 0. The van der Waals surface area contributed by atoms with Gasteiger partial charge in [-0.2, -0.15) is 5.10 Å². The lowest BCUT2D eigenvalue weighted by molar-refractivity contribution is -0.384. The summed E-state index contributed by atoms with van der Waals surface area (Å²) in [5.41, 5.74) is 1.41. The lowest BCUT2D eigenvalue weighted by Crippen LogP contribution is -2.29. The molecule has 3 aromatic rings. The molecule has 3 rings (SSSR count). The van der Waals surface area contributed by atoms with Crippen LogP contribution in [0.2, 0.25) is 0 Å². The van der Waals surface area contributed by atoms with E-state index in [0.717, 1.165) is 4.88 Å². The first-order chi connectivity index (χ1) is 12.5. The maximum atomic E-state index is 12.6. The van der Waals surface area contributed by atoms with Gasteiger partial charge in [0.1, 0.15) is 11.4 Å². The molecule has 134 valence electrons. The van der Waals surface area contributed by atoms with Gasteiger partial charge in [0.25, 0.3) is 11.6 Å². The second-order valence-corrected chi connectivity index (χ2v) is 7.13. The largest absolute Gasteiger partial charge is 0.350 e. The van der Waals surface area contributed by atoms with E-state index in [9.17, 15) is 14.9 Å². The maximum absolute atomic E-state index is 12.6. The Bertz CT molecular complexity index is 932. The van der Waals surface area contributed by atoms with Crippen LogP contribution in [0, 0.1) is 16.0 Å². The third kappa shape index (κ3) is 3.80. The Morgan fingerprint density at radius 1 is 1.31 bits per heavy atom. The Morgan fingerprint density at radius 3 is 2.77 bits per heavy atom. The quantitative estimate of drug-likeness (QED) is 0.526. The summed E-state index contributed by atoms with van der Waals surface area (Å²) in [4.78, 5) is 24.2. The van der Waals surface area contributed by atoms with Gasteiger partial charge in [-0.3, -0.25) is 14.9 Å². The van der Waals surface area contributed by atoms with Crippen LogP contribution in [0.15, 0.2) is 47.8 Å². The Kier molecular flexibility index (Phi) is 5.13. The number of thiophene rings is 1. The first-order valence-electron chi connectivity index (χ1n) is 8.12. The van der Waals surface area contributed by atoms with Crippen LogP contribution in [-0.2, 0) is 0 Å². The average molecular weight is 370 g/mol. The van der Waals surface area contributed by atoms with Crippen LogP contribution in [0.25, 0.3) is 16.3 Å². The second kappa shape index (κ2) is 7.49. The van der Waals surface area contributed by atoms with E-state index in [1.54, 1.807) is 18.2 Å². The van der Waals surface area contributed by atoms with Crippen molar-refractivity contribution in [3.63, 3.8) is 0 Å². The van der Waals surface area contributed by atoms with E-state index in [-0.39, 0.29) is 11.6 Å². The van der Waals surface area contributed by atoms with Crippen molar-refractivity contribution in [2.45, 2.75) is 13.8 Å². The number of hydrogen-bond acceptors (Lipinski definition) is 5. The number of nitrogens with zero attached hydrogens (tertiary/aromatic N) is 3. The average Bonchev–Trinajstić information content (AvgIpc) is 3.29. The molecule has 0 saturated carbocycles. The summed E-state index contributed by atoms with van der Waals surface area (Å²) in [6, 6.07) is 11.6. The van der Waals surface area contributed by atoms with Crippen molar-refractivity contribution < 1.29 is 9.72 Å². The number of nitro benzene ring substituents is 1. The molecule has 1 amide bonds. The van der Waals surface area contributed by atoms with Gasteiger partial charge >= 0.3 is 0 Å². The van der Waals surface area contributed by atoms with Gasteiger partial charge in [-0.15, -0.1) is 11.3 Å². The first kappa shape index (κ1) is 17.8. The molecule has 0 atom stereocenters. The van der Waals surface area contributed by atoms with Crippen LogP contribution in [-0.4, -0.2) is 27.2 Å². The summed E-state index contributed by atoms with van der Waals surface area (Å²) < 4.78 is 1.46. The molecule has 1 aromatic carbocycles. The minimum absolute atomic E-state index is 0.0517. The van der Waals surface area contributed by atoms with Gasteiger partial charge in [-0.05, 0) is 29.5 Å². The first-order valence-corrected chi connectivity index (χ1v) is 9.00. The third-order valence-corrected chi connectivity index (χ3v) is 4.56. The molecule has 0 spiro atoms. The standard InChI is InChI=1S/C18H18N4O3S/c1-12(2)11-19-18(23)16-10-15(17-7-4-8-26-17)20-21(16)13-5-3-6-14(9-13)22(24)25/h3-10,12H,11H2,1-2H3,(H,19,23). The molecule has 7 nitrogen and oxygen atoms in total. The molecule has 0 saturated heterocycles. The highest BCUT2D eigenvalue weighted by molar-refractivity contribution is 7.13. The van der Waals surface area contributed by atoms with Crippen LogP contribution >= 0.6 is 11.3 Å². The molecule has 0 bridgehead atoms. The molecule has 8 heteroatoms. The zero-order valence-electron chi connectivity index (χ0n) is 14.4. The van der Waals surface area contributed by atoms with Crippen molar-refractivity contribution in [1.82, 2.24) is 15.1 Å². The lowest BCUT2D eigenvalue weighted by Gasteiger charge is -2.09. The fourth-order valence-corrected chi connectivity index (χ4v) is 3.09. The number of carbonyl (C=O) groups is 1. The van der Waals surface area contributed by atoms with E-state index in [2.05, 4.69) is 10.4 Å². The molecular formula is C18H18N4O3S. The van der Waals surface area contributed by atoms with Gasteiger partial charge in [-0.1, -0.05) is 26.0 Å². The van der Waals surface area contributed by atoms with Gasteiger partial charge < -0.3 is 5.32 Å².